The highest BCUT2D eigenvalue weighted by Gasteiger charge is 2.57. The zero-order valence-corrected chi connectivity index (χ0v) is 38.0. The van der Waals surface area contributed by atoms with Crippen molar-refractivity contribution in [2.24, 2.45) is 23.7 Å². The summed E-state index contributed by atoms with van der Waals surface area (Å²) in [6, 6.07) is -0.304. The summed E-state index contributed by atoms with van der Waals surface area (Å²) < 4.78 is 75.9. The fourth-order valence-electron chi connectivity index (χ4n) is 11.2. The summed E-state index contributed by atoms with van der Waals surface area (Å²) in [5, 5.41) is 0.964. The third kappa shape index (κ3) is 9.01. The maximum absolute atomic E-state index is 15.0. The second-order valence-corrected chi connectivity index (χ2v) is 21.1. The average Bonchev–Trinajstić information content (AvgIpc) is 3.90. The SMILES string of the molecule is CC[C@H]1CCC[C@H](O[C@H]2CC[C@H](N(C)S(C)(=O)=O)C(C)O2)[C@@H](C)C(=O)C2=C[C@H]3[C@@H]4C[C@H](OC5OC(C)[C@H](OC)C(OC)[C@@H]5OC)C[C@H]4c4sc(C)nc4[C@H]3[C@@H]2CC(=O)O1. The Bertz CT molecular complexity index is 1810. The van der Waals surface area contributed by atoms with Crippen LogP contribution >= 0.6 is 11.3 Å². The molecule has 1 saturated carbocycles. The lowest BCUT2D eigenvalue weighted by molar-refractivity contribution is -0.314. The van der Waals surface area contributed by atoms with E-state index >= 15 is 4.79 Å². The number of cyclic esters (lactones) is 1. The first-order chi connectivity index (χ1) is 28.1. The number of likely N-dealkylation sites (N-methyl/N-ethyl adjacent to an activating group) is 1. The van der Waals surface area contributed by atoms with Crippen molar-refractivity contribution < 1.29 is 55.9 Å². The van der Waals surface area contributed by atoms with Crippen LogP contribution in [-0.4, -0.2) is 132 Å². The van der Waals surface area contributed by atoms with Gasteiger partial charge in [-0.25, -0.2) is 13.4 Å². The summed E-state index contributed by atoms with van der Waals surface area (Å²) in [4.78, 5) is 35.2. The Balaban J connectivity index is 1.16. The maximum atomic E-state index is 15.0. The van der Waals surface area contributed by atoms with Gasteiger partial charge in [-0.2, -0.15) is 4.31 Å². The molecule has 59 heavy (non-hydrogen) atoms. The van der Waals surface area contributed by atoms with Gasteiger partial charge in [-0.05, 0) is 83.1 Å². The zero-order valence-electron chi connectivity index (χ0n) is 36.4. The molecule has 0 radical (unpaired) electrons. The van der Waals surface area contributed by atoms with Gasteiger partial charge in [0.2, 0.25) is 10.0 Å². The monoisotopic (exact) mass is 866 g/mol. The minimum atomic E-state index is -3.40. The molecule has 3 aliphatic carbocycles. The van der Waals surface area contributed by atoms with Crippen molar-refractivity contribution in [3.63, 3.8) is 0 Å². The topological polar surface area (TPSA) is 158 Å². The molecule has 0 bridgehead atoms. The molecule has 3 saturated heterocycles. The maximum Gasteiger partial charge on any atom is 0.306 e. The summed E-state index contributed by atoms with van der Waals surface area (Å²) in [6.07, 6.45) is 4.81. The van der Waals surface area contributed by atoms with Crippen LogP contribution in [0.2, 0.25) is 0 Å². The smallest absolute Gasteiger partial charge is 0.306 e. The lowest BCUT2D eigenvalue weighted by Gasteiger charge is -2.44. The molecular formula is C43H66N2O12S2. The van der Waals surface area contributed by atoms with Gasteiger partial charge in [0.15, 0.2) is 18.4 Å². The number of Topliss-reactive ketones (excluding diaryl/α,β-unsaturated/α-hetero) is 1. The number of fused-ring (bicyclic) bond motifs is 8. The first kappa shape index (κ1) is 45.2. The highest BCUT2D eigenvalue weighted by atomic mass is 32.2. The number of hydrogen-bond acceptors (Lipinski definition) is 14. The van der Waals surface area contributed by atoms with Crippen molar-refractivity contribution in [1.29, 1.82) is 0 Å². The van der Waals surface area contributed by atoms with E-state index < -0.39 is 46.6 Å². The molecule has 6 aliphatic rings. The quantitative estimate of drug-likeness (QED) is 0.266. The number of hydrogen-bond donors (Lipinski definition) is 0. The van der Waals surface area contributed by atoms with Crippen LogP contribution in [0.1, 0.15) is 113 Å². The molecule has 1 aromatic heterocycles. The van der Waals surface area contributed by atoms with Crippen molar-refractivity contribution in [2.45, 2.75) is 172 Å². The Kier molecular flexibility index (Phi) is 14.1. The van der Waals surface area contributed by atoms with Crippen LogP contribution in [0.4, 0.5) is 0 Å². The Morgan fingerprint density at radius 2 is 1.64 bits per heavy atom. The molecule has 3 aliphatic heterocycles. The van der Waals surface area contributed by atoms with Crippen LogP contribution in [-0.2, 0) is 57.5 Å². The number of ketones is 1. The average molecular weight is 867 g/mol. The number of ether oxygens (including phenoxy) is 8. The number of methoxy groups -OCH3 is 3. The van der Waals surface area contributed by atoms with Gasteiger partial charge in [-0.3, -0.25) is 9.59 Å². The number of thiazole rings is 1. The van der Waals surface area contributed by atoms with Gasteiger partial charge in [0.05, 0.1) is 53.8 Å². The number of sulfonamides is 1. The highest BCUT2D eigenvalue weighted by molar-refractivity contribution is 7.88. The van der Waals surface area contributed by atoms with Crippen LogP contribution in [0.25, 0.3) is 0 Å². The standard InChI is InChI=1S/C43H66N2O12S2/c1-11-25-13-12-14-33(57-35-16-15-32(22(3)53-35)45(6)59(10,48)49)21(2)38(47)30-19-28-27-17-26(56-43-41(52-9)40(51-8)39(50-7)23(4)54-43)18-31(27)42-37(44-24(5)58-42)36(28)29(30)20-34(46)55-25/h19,21-23,25-29,31-33,35-36,39-41,43H,11-18,20H2,1-10H3/t21-,22?,23?,25+,26+,27+,28+,29-,31-,32+,33+,35+,36-,39+,40?,41+,43?/m1/s1. The molecule has 16 heteroatoms. The molecule has 4 unspecified atom stereocenters. The Morgan fingerprint density at radius 3 is 2.31 bits per heavy atom. The van der Waals surface area contributed by atoms with Crippen molar-refractivity contribution >= 4 is 33.1 Å². The Hall–Kier alpha value is -1.86. The van der Waals surface area contributed by atoms with Gasteiger partial charge in [0, 0.05) is 63.3 Å². The molecule has 0 N–H and O–H groups in total. The van der Waals surface area contributed by atoms with E-state index in [0.29, 0.717) is 44.1 Å². The fraction of sp³-hybridized carbons (Fsp3) is 0.837. The number of esters is 1. The molecule has 17 atom stereocenters. The third-order valence-electron chi connectivity index (χ3n) is 14.3. The molecule has 4 fully saturated rings. The molecule has 0 aromatic carbocycles. The van der Waals surface area contributed by atoms with Crippen molar-refractivity contribution in [1.82, 2.24) is 9.29 Å². The zero-order chi connectivity index (χ0) is 42.5. The van der Waals surface area contributed by atoms with E-state index in [9.17, 15) is 13.2 Å². The Labute approximate surface area is 354 Å². The van der Waals surface area contributed by atoms with E-state index in [4.69, 9.17) is 42.9 Å². The van der Waals surface area contributed by atoms with Crippen LogP contribution in [0.15, 0.2) is 11.6 Å². The van der Waals surface area contributed by atoms with E-state index in [1.807, 2.05) is 34.6 Å². The minimum Gasteiger partial charge on any atom is -0.462 e. The summed E-state index contributed by atoms with van der Waals surface area (Å²) in [6.45, 7) is 9.84. The minimum absolute atomic E-state index is 0.0185. The molecular weight excluding hydrogens is 801 g/mol. The van der Waals surface area contributed by atoms with E-state index in [2.05, 4.69) is 6.08 Å². The van der Waals surface area contributed by atoms with E-state index in [1.54, 1.807) is 39.7 Å². The van der Waals surface area contributed by atoms with Gasteiger partial charge in [-0.1, -0.05) is 19.9 Å². The molecule has 0 amide bonds. The summed E-state index contributed by atoms with van der Waals surface area (Å²) in [7, 11) is 3.12. The summed E-state index contributed by atoms with van der Waals surface area (Å²) in [5.74, 6) is -1.06. The van der Waals surface area contributed by atoms with Gasteiger partial charge in [-0.15, -0.1) is 11.3 Å². The number of aryl methyl sites for hydroxylation is 1. The molecule has 332 valence electrons. The largest absolute Gasteiger partial charge is 0.462 e. The van der Waals surface area contributed by atoms with Gasteiger partial charge < -0.3 is 37.9 Å². The van der Waals surface area contributed by atoms with Crippen molar-refractivity contribution in [2.75, 3.05) is 34.6 Å². The van der Waals surface area contributed by atoms with Crippen molar-refractivity contribution in [3.05, 3.63) is 27.2 Å². The fourth-order valence-corrected chi connectivity index (χ4v) is 13.2. The van der Waals surface area contributed by atoms with Crippen LogP contribution in [0.5, 0.6) is 0 Å². The Morgan fingerprint density at radius 1 is 0.915 bits per heavy atom. The number of carbonyl (C=O) groups is 2. The van der Waals surface area contributed by atoms with E-state index in [1.165, 1.54) is 15.4 Å². The lowest BCUT2D eigenvalue weighted by Crippen LogP contribution is -2.59. The number of aromatic nitrogens is 1. The lowest BCUT2D eigenvalue weighted by atomic mass is 9.67. The highest BCUT2D eigenvalue weighted by Crippen LogP contribution is 2.62. The van der Waals surface area contributed by atoms with Crippen LogP contribution in [0.3, 0.4) is 0 Å². The van der Waals surface area contributed by atoms with Gasteiger partial charge in [0.1, 0.15) is 24.4 Å². The number of allylic oxidation sites excluding steroid dienone is 2. The van der Waals surface area contributed by atoms with Gasteiger partial charge >= 0.3 is 5.97 Å². The predicted molar refractivity (Wildman–Crippen MR) is 219 cm³/mol. The second kappa shape index (κ2) is 18.5. The predicted octanol–water partition coefficient (Wildman–Crippen LogP) is 5.66. The number of nitrogens with zero attached hydrogens (tertiary/aromatic N) is 2. The van der Waals surface area contributed by atoms with E-state index in [-0.39, 0.29) is 84.5 Å². The van der Waals surface area contributed by atoms with Crippen LogP contribution in [0, 0.1) is 30.6 Å². The molecule has 0 spiro atoms. The third-order valence-corrected chi connectivity index (χ3v) is 16.8. The summed E-state index contributed by atoms with van der Waals surface area (Å²) in [5.41, 5.74) is 1.66. The first-order valence-corrected chi connectivity index (χ1v) is 24.3. The summed E-state index contributed by atoms with van der Waals surface area (Å²) >= 11 is 1.71. The normalized spacial score (nSPS) is 41.9. The van der Waals surface area contributed by atoms with Crippen LogP contribution < -0.4 is 0 Å². The van der Waals surface area contributed by atoms with E-state index in [0.717, 1.165) is 23.5 Å². The number of carbonyl (C=O) groups excluding carboxylic acids is 2. The number of rotatable bonds is 10. The molecule has 14 nitrogen and oxygen atoms in total. The first-order valence-electron chi connectivity index (χ1n) is 21.6. The van der Waals surface area contributed by atoms with Gasteiger partial charge in [0.25, 0.3) is 0 Å². The molecule has 1 aromatic rings. The van der Waals surface area contributed by atoms with Crippen molar-refractivity contribution in [3.8, 4) is 0 Å². The molecule has 4 heterocycles. The molecule has 7 rings (SSSR count). The second-order valence-electron chi connectivity index (χ2n) is 17.8.